The van der Waals surface area contributed by atoms with E-state index in [1.165, 1.54) is 25.9 Å². The summed E-state index contributed by atoms with van der Waals surface area (Å²) in [6.07, 6.45) is 2.48. The average molecular weight is 309 g/mol. The summed E-state index contributed by atoms with van der Waals surface area (Å²) in [5, 5.41) is 1.72. The van der Waals surface area contributed by atoms with E-state index in [4.69, 9.17) is 22.3 Å². The molecule has 2 bridgehead atoms. The predicted molar refractivity (Wildman–Crippen MR) is 85.9 cm³/mol. The number of rotatable bonds is 1. The van der Waals surface area contributed by atoms with Crippen molar-refractivity contribution in [1.29, 1.82) is 0 Å². The molecule has 4 heterocycles. The largest absolute Gasteiger partial charge is 0.396 e. The Balaban J connectivity index is 1.76. The Hall–Kier alpha value is -1.04. The lowest BCUT2D eigenvalue weighted by Crippen LogP contribution is -2.37. The van der Waals surface area contributed by atoms with Crippen molar-refractivity contribution in [3.05, 3.63) is 17.2 Å². The molecule has 1 aromatic heterocycles. The van der Waals surface area contributed by atoms with Crippen LogP contribution in [0.3, 0.4) is 0 Å². The molecule has 106 valence electrons. The minimum Gasteiger partial charge on any atom is -0.396 e. The molecule has 0 radical (unpaired) electrons. The van der Waals surface area contributed by atoms with Gasteiger partial charge in [-0.3, -0.25) is 0 Å². The maximum atomic E-state index is 6.11. The molecule has 0 spiro atoms. The number of anilines is 2. The molecule has 2 N–H and O–H groups in total. The minimum absolute atomic E-state index is 0.621. The maximum absolute atomic E-state index is 6.11. The van der Waals surface area contributed by atoms with Crippen LogP contribution in [0.4, 0.5) is 10.8 Å². The van der Waals surface area contributed by atoms with Gasteiger partial charge in [0.15, 0.2) is 5.13 Å². The fourth-order valence-corrected chi connectivity index (χ4v) is 4.57. The minimum atomic E-state index is 0.621. The first-order valence-electron chi connectivity index (χ1n) is 7.06. The van der Waals surface area contributed by atoms with Crippen molar-refractivity contribution in [3.63, 3.8) is 0 Å². The Morgan fingerprint density at radius 1 is 1.20 bits per heavy atom. The van der Waals surface area contributed by atoms with Crippen molar-refractivity contribution in [3.8, 4) is 0 Å². The molecule has 4 nitrogen and oxygen atoms in total. The number of halogens is 1. The number of benzene rings is 1. The van der Waals surface area contributed by atoms with Crippen LogP contribution in [-0.2, 0) is 0 Å². The van der Waals surface area contributed by atoms with E-state index in [9.17, 15) is 0 Å². The molecular weight excluding hydrogens is 292 g/mol. The Labute approximate surface area is 127 Å². The lowest BCUT2D eigenvalue weighted by Gasteiger charge is -2.31. The van der Waals surface area contributed by atoms with Crippen molar-refractivity contribution >= 4 is 44.0 Å². The van der Waals surface area contributed by atoms with Gasteiger partial charge in [-0.2, -0.15) is 0 Å². The van der Waals surface area contributed by atoms with Crippen LogP contribution in [0.2, 0.25) is 5.02 Å². The third kappa shape index (κ3) is 1.96. The summed E-state index contributed by atoms with van der Waals surface area (Å²) in [7, 11) is 0. The van der Waals surface area contributed by atoms with Gasteiger partial charge >= 0.3 is 0 Å². The summed E-state index contributed by atoms with van der Waals surface area (Å²) in [6, 6.07) is 4.43. The molecule has 3 aliphatic heterocycles. The molecule has 20 heavy (non-hydrogen) atoms. The Morgan fingerprint density at radius 3 is 2.80 bits per heavy atom. The highest BCUT2D eigenvalue weighted by Gasteiger charge is 2.30. The third-order valence-electron chi connectivity index (χ3n) is 4.43. The highest BCUT2D eigenvalue weighted by atomic mass is 35.5. The number of nitrogens with zero attached hydrogens (tertiary/aromatic N) is 3. The fraction of sp³-hybridized carbons (Fsp3) is 0.500. The Kier molecular flexibility index (Phi) is 3.02. The molecular formula is C14H17ClN4S. The van der Waals surface area contributed by atoms with E-state index in [1.54, 1.807) is 11.3 Å². The highest BCUT2D eigenvalue weighted by Crippen LogP contribution is 2.38. The number of aromatic nitrogens is 1. The summed E-state index contributed by atoms with van der Waals surface area (Å²) in [4.78, 5) is 9.81. The Morgan fingerprint density at radius 2 is 2.00 bits per heavy atom. The van der Waals surface area contributed by atoms with Gasteiger partial charge in [0.2, 0.25) is 0 Å². The molecule has 0 aliphatic carbocycles. The van der Waals surface area contributed by atoms with Crippen molar-refractivity contribution in [2.45, 2.75) is 18.9 Å². The van der Waals surface area contributed by atoms with Crippen molar-refractivity contribution < 1.29 is 0 Å². The zero-order chi connectivity index (χ0) is 13.7. The quantitative estimate of drug-likeness (QED) is 0.823. The second-order valence-corrected chi connectivity index (χ2v) is 6.96. The summed E-state index contributed by atoms with van der Waals surface area (Å²) in [5.74, 6) is 0. The summed E-state index contributed by atoms with van der Waals surface area (Å²) in [5.41, 5.74) is 7.71. The average Bonchev–Trinajstić information content (AvgIpc) is 2.67. The predicted octanol–water partition coefficient (Wildman–Crippen LogP) is 2.82. The summed E-state index contributed by atoms with van der Waals surface area (Å²) in [6.45, 7) is 4.65. The smallest absolute Gasteiger partial charge is 0.186 e. The fourth-order valence-electron chi connectivity index (χ4n) is 3.24. The molecule has 2 aromatic rings. The number of fused-ring (bicyclic) bond motifs is 5. The van der Waals surface area contributed by atoms with Gasteiger partial charge in [0.05, 0.1) is 20.9 Å². The van der Waals surface area contributed by atoms with Crippen LogP contribution in [-0.4, -0.2) is 42.1 Å². The maximum Gasteiger partial charge on any atom is 0.186 e. The number of thiazole rings is 1. The van der Waals surface area contributed by atoms with E-state index in [0.717, 1.165) is 28.4 Å². The molecule has 3 aliphatic rings. The number of piperidine rings is 1. The lowest BCUT2D eigenvalue weighted by molar-refractivity contribution is 0.250. The molecule has 0 amide bonds. The molecule has 5 rings (SSSR count). The first-order chi connectivity index (χ1) is 9.72. The van der Waals surface area contributed by atoms with Gasteiger partial charge in [0.25, 0.3) is 0 Å². The first-order valence-corrected chi connectivity index (χ1v) is 8.25. The van der Waals surface area contributed by atoms with Crippen LogP contribution >= 0.6 is 22.9 Å². The van der Waals surface area contributed by atoms with E-state index in [0.29, 0.717) is 16.8 Å². The standard InChI is InChI=1S/C14H17ClN4S/c15-10-1-2-11-13(12(10)16)20-14(17-11)19-8-7-18-5-3-9(19)4-6-18/h1-2,9H,3-8,16H2. The second-order valence-electron chi connectivity index (χ2n) is 5.57. The van der Waals surface area contributed by atoms with Gasteiger partial charge in [-0.15, -0.1) is 0 Å². The highest BCUT2D eigenvalue weighted by molar-refractivity contribution is 7.22. The zero-order valence-electron chi connectivity index (χ0n) is 11.2. The molecule has 0 atom stereocenters. The van der Waals surface area contributed by atoms with E-state index in [2.05, 4.69) is 9.80 Å². The van der Waals surface area contributed by atoms with Crippen LogP contribution in [0.15, 0.2) is 12.1 Å². The van der Waals surface area contributed by atoms with Crippen LogP contribution in [0, 0.1) is 0 Å². The SMILES string of the molecule is Nc1c(Cl)ccc2nc(N3CCN4CCC3CC4)sc12. The van der Waals surface area contributed by atoms with Crippen LogP contribution < -0.4 is 10.6 Å². The van der Waals surface area contributed by atoms with Crippen molar-refractivity contribution in [2.75, 3.05) is 36.8 Å². The van der Waals surface area contributed by atoms with Gasteiger partial charge < -0.3 is 15.5 Å². The van der Waals surface area contributed by atoms with E-state index >= 15 is 0 Å². The molecule has 3 fully saturated rings. The number of nitrogens with two attached hydrogens (primary N) is 1. The van der Waals surface area contributed by atoms with E-state index in [1.807, 2.05) is 12.1 Å². The van der Waals surface area contributed by atoms with Crippen LogP contribution in [0.5, 0.6) is 0 Å². The molecule has 0 saturated carbocycles. The monoisotopic (exact) mass is 308 g/mol. The van der Waals surface area contributed by atoms with Crippen LogP contribution in [0.25, 0.3) is 10.2 Å². The summed E-state index contributed by atoms with van der Waals surface area (Å²) < 4.78 is 1.02. The zero-order valence-corrected chi connectivity index (χ0v) is 12.8. The lowest BCUT2D eigenvalue weighted by atomic mass is 10.1. The van der Waals surface area contributed by atoms with Gasteiger partial charge in [-0.1, -0.05) is 22.9 Å². The van der Waals surface area contributed by atoms with Crippen molar-refractivity contribution in [1.82, 2.24) is 9.88 Å². The van der Waals surface area contributed by atoms with Gasteiger partial charge in [0, 0.05) is 32.2 Å². The molecule has 3 saturated heterocycles. The third-order valence-corrected chi connectivity index (χ3v) is 5.90. The van der Waals surface area contributed by atoms with Gasteiger partial charge in [-0.25, -0.2) is 4.98 Å². The second kappa shape index (κ2) is 4.76. The molecule has 1 aromatic carbocycles. The molecule has 6 heteroatoms. The summed E-state index contributed by atoms with van der Waals surface area (Å²) >= 11 is 7.78. The Bertz CT molecular complexity index is 648. The van der Waals surface area contributed by atoms with Crippen molar-refractivity contribution in [2.24, 2.45) is 0 Å². The van der Waals surface area contributed by atoms with E-state index < -0.39 is 0 Å². The van der Waals surface area contributed by atoms with E-state index in [-0.39, 0.29) is 0 Å². The van der Waals surface area contributed by atoms with Crippen LogP contribution in [0.1, 0.15) is 12.8 Å². The normalized spacial score (nSPS) is 26.1. The number of hydrogen-bond donors (Lipinski definition) is 1. The molecule has 0 unspecified atom stereocenters. The topological polar surface area (TPSA) is 45.4 Å². The van der Waals surface area contributed by atoms with Gasteiger partial charge in [0.1, 0.15) is 0 Å². The number of hydrogen-bond acceptors (Lipinski definition) is 5. The first kappa shape index (κ1) is 12.7. The van der Waals surface area contributed by atoms with Gasteiger partial charge in [-0.05, 0) is 25.0 Å². The number of nitrogen functional groups attached to an aromatic ring is 1.